The van der Waals surface area contributed by atoms with Gasteiger partial charge in [0, 0.05) is 26.3 Å². The Morgan fingerprint density at radius 2 is 2.00 bits per heavy atom. The molecular formula is C10H20N2. The van der Waals surface area contributed by atoms with Gasteiger partial charge in [-0.15, -0.1) is 6.58 Å². The van der Waals surface area contributed by atoms with Crippen molar-refractivity contribution in [2.45, 2.75) is 20.3 Å². The Labute approximate surface area is 76.1 Å². The van der Waals surface area contributed by atoms with Gasteiger partial charge in [0.05, 0.1) is 0 Å². The molecule has 0 aromatic rings. The summed E-state index contributed by atoms with van der Waals surface area (Å²) in [5.41, 5.74) is 1.28. The highest BCUT2D eigenvalue weighted by atomic mass is 15.6. The minimum absolute atomic E-state index is 0.880. The van der Waals surface area contributed by atoms with E-state index in [1.807, 2.05) is 6.08 Å². The molecule has 0 rings (SSSR count). The van der Waals surface area contributed by atoms with Crippen molar-refractivity contribution in [1.82, 2.24) is 10.0 Å². The first-order valence-corrected chi connectivity index (χ1v) is 4.35. The van der Waals surface area contributed by atoms with Gasteiger partial charge in [-0.2, -0.15) is 0 Å². The second kappa shape index (κ2) is 5.84. The zero-order valence-electron chi connectivity index (χ0n) is 8.67. The van der Waals surface area contributed by atoms with Gasteiger partial charge in [-0.1, -0.05) is 19.1 Å². The van der Waals surface area contributed by atoms with Crippen LogP contribution in [0.3, 0.4) is 0 Å². The number of hydrogen-bond donors (Lipinski definition) is 0. The lowest BCUT2D eigenvalue weighted by Gasteiger charge is -2.29. The minimum Gasteiger partial charge on any atom is -0.314 e. The second-order valence-electron chi connectivity index (χ2n) is 2.91. The van der Waals surface area contributed by atoms with Gasteiger partial charge in [-0.25, -0.2) is 5.01 Å². The number of nitrogens with zero attached hydrogens (tertiary/aromatic N) is 2. The van der Waals surface area contributed by atoms with E-state index in [0.29, 0.717) is 0 Å². The number of rotatable bonds is 5. The normalized spacial score (nSPS) is 11.9. The summed E-state index contributed by atoms with van der Waals surface area (Å²) < 4.78 is 0. The van der Waals surface area contributed by atoms with Crippen LogP contribution < -0.4 is 0 Å². The molecule has 0 saturated carbocycles. The molecule has 0 saturated heterocycles. The van der Waals surface area contributed by atoms with E-state index in [0.717, 1.165) is 13.0 Å². The van der Waals surface area contributed by atoms with Crippen molar-refractivity contribution in [2.24, 2.45) is 0 Å². The topological polar surface area (TPSA) is 6.48 Å². The van der Waals surface area contributed by atoms with E-state index < -0.39 is 0 Å². The lowest BCUT2D eigenvalue weighted by Crippen LogP contribution is -2.35. The molecule has 0 atom stereocenters. The van der Waals surface area contributed by atoms with Crippen LogP contribution in [0, 0.1) is 0 Å². The first-order valence-electron chi connectivity index (χ1n) is 4.35. The van der Waals surface area contributed by atoms with Crippen LogP contribution in [0.2, 0.25) is 0 Å². The second-order valence-corrected chi connectivity index (χ2v) is 2.91. The molecule has 0 aromatic carbocycles. The number of hydrogen-bond acceptors (Lipinski definition) is 2. The Morgan fingerprint density at radius 1 is 1.42 bits per heavy atom. The summed E-state index contributed by atoms with van der Waals surface area (Å²) in [4.78, 5) is 0. The zero-order chi connectivity index (χ0) is 9.56. The van der Waals surface area contributed by atoms with E-state index in [2.05, 4.69) is 50.6 Å². The summed E-state index contributed by atoms with van der Waals surface area (Å²) in [6.45, 7) is 8.84. The molecular weight excluding hydrogens is 148 g/mol. The van der Waals surface area contributed by atoms with Crippen molar-refractivity contribution >= 4 is 0 Å². The molecule has 0 aliphatic rings. The molecule has 0 aliphatic carbocycles. The van der Waals surface area contributed by atoms with Crippen LogP contribution in [0.5, 0.6) is 0 Å². The van der Waals surface area contributed by atoms with Crippen LogP contribution in [-0.4, -0.2) is 30.7 Å². The highest BCUT2D eigenvalue weighted by molar-refractivity contribution is 4.94. The van der Waals surface area contributed by atoms with E-state index in [-0.39, 0.29) is 0 Å². The quantitative estimate of drug-likeness (QED) is 0.459. The van der Waals surface area contributed by atoms with Gasteiger partial charge in [-0.3, -0.25) is 0 Å². The minimum atomic E-state index is 0.880. The zero-order valence-corrected chi connectivity index (χ0v) is 8.67. The van der Waals surface area contributed by atoms with Crippen LogP contribution >= 0.6 is 0 Å². The Morgan fingerprint density at radius 3 is 2.42 bits per heavy atom. The SMILES string of the molecule is C=CCN(C)N(C)/C(C)=C/CC. The third kappa shape index (κ3) is 3.58. The smallest absolute Gasteiger partial charge is 0.0355 e. The molecule has 0 heterocycles. The summed E-state index contributed by atoms with van der Waals surface area (Å²) in [6, 6.07) is 0. The van der Waals surface area contributed by atoms with Gasteiger partial charge < -0.3 is 5.01 Å². The fourth-order valence-corrected chi connectivity index (χ4v) is 1.01. The Hall–Kier alpha value is -0.760. The highest BCUT2D eigenvalue weighted by Crippen LogP contribution is 2.03. The largest absolute Gasteiger partial charge is 0.314 e. The maximum Gasteiger partial charge on any atom is 0.0355 e. The summed E-state index contributed by atoms with van der Waals surface area (Å²) in [7, 11) is 4.11. The van der Waals surface area contributed by atoms with Gasteiger partial charge in [0.2, 0.25) is 0 Å². The van der Waals surface area contributed by atoms with Crippen molar-refractivity contribution in [3.05, 3.63) is 24.4 Å². The van der Waals surface area contributed by atoms with Gasteiger partial charge in [0.1, 0.15) is 0 Å². The fourth-order valence-electron chi connectivity index (χ4n) is 1.01. The molecule has 0 spiro atoms. The number of hydrazine groups is 1. The summed E-state index contributed by atoms with van der Waals surface area (Å²) >= 11 is 0. The lowest BCUT2D eigenvalue weighted by atomic mass is 10.3. The molecule has 70 valence electrons. The molecule has 0 radical (unpaired) electrons. The monoisotopic (exact) mass is 168 g/mol. The predicted molar refractivity (Wildman–Crippen MR) is 54.6 cm³/mol. The molecule has 2 nitrogen and oxygen atoms in total. The van der Waals surface area contributed by atoms with E-state index in [9.17, 15) is 0 Å². The van der Waals surface area contributed by atoms with Crippen LogP contribution in [0.25, 0.3) is 0 Å². The van der Waals surface area contributed by atoms with E-state index in [1.165, 1.54) is 5.70 Å². The van der Waals surface area contributed by atoms with Crippen LogP contribution in [0.4, 0.5) is 0 Å². The van der Waals surface area contributed by atoms with Crippen molar-refractivity contribution in [2.75, 3.05) is 20.6 Å². The van der Waals surface area contributed by atoms with Gasteiger partial charge in [0.15, 0.2) is 0 Å². The Kier molecular flexibility index (Phi) is 5.47. The molecule has 0 amide bonds. The highest BCUT2D eigenvalue weighted by Gasteiger charge is 2.02. The first kappa shape index (κ1) is 11.2. The average Bonchev–Trinajstić information content (AvgIpc) is 2.04. The first-order chi connectivity index (χ1) is 5.63. The number of likely N-dealkylation sites (N-methyl/N-ethyl adjacent to an activating group) is 1. The molecule has 0 N–H and O–H groups in total. The summed E-state index contributed by atoms with van der Waals surface area (Å²) in [5, 5.41) is 4.25. The maximum absolute atomic E-state index is 3.70. The van der Waals surface area contributed by atoms with Crippen molar-refractivity contribution < 1.29 is 0 Å². The Bertz CT molecular complexity index is 161. The number of allylic oxidation sites excluding steroid dienone is 2. The molecule has 0 aliphatic heterocycles. The molecule has 2 heteroatoms. The molecule has 12 heavy (non-hydrogen) atoms. The van der Waals surface area contributed by atoms with Gasteiger partial charge in [0.25, 0.3) is 0 Å². The maximum atomic E-state index is 3.70. The fraction of sp³-hybridized carbons (Fsp3) is 0.600. The third-order valence-corrected chi connectivity index (χ3v) is 1.92. The predicted octanol–water partition coefficient (Wildman–Crippen LogP) is 2.26. The van der Waals surface area contributed by atoms with Crippen LogP contribution in [0.1, 0.15) is 20.3 Å². The molecule has 0 fully saturated rings. The van der Waals surface area contributed by atoms with Crippen molar-refractivity contribution in [3.63, 3.8) is 0 Å². The van der Waals surface area contributed by atoms with Crippen molar-refractivity contribution in [3.8, 4) is 0 Å². The molecule has 0 unspecified atom stereocenters. The summed E-state index contributed by atoms with van der Waals surface area (Å²) in [6.07, 6.45) is 5.19. The lowest BCUT2D eigenvalue weighted by molar-refractivity contribution is 0.0793. The van der Waals surface area contributed by atoms with Gasteiger partial charge in [-0.05, 0) is 13.3 Å². The Balaban J connectivity index is 4.07. The third-order valence-electron chi connectivity index (χ3n) is 1.92. The molecule has 0 aromatic heterocycles. The van der Waals surface area contributed by atoms with E-state index in [1.54, 1.807) is 0 Å². The standard InChI is InChI=1S/C10H20N2/c1-6-8-10(3)12(5)11(4)9-7-2/h7-8H,2,6,9H2,1,3-5H3/b10-8+. The summed E-state index contributed by atoms with van der Waals surface area (Å²) in [5.74, 6) is 0. The van der Waals surface area contributed by atoms with E-state index in [4.69, 9.17) is 0 Å². The van der Waals surface area contributed by atoms with Crippen molar-refractivity contribution in [1.29, 1.82) is 0 Å². The molecule has 0 bridgehead atoms. The van der Waals surface area contributed by atoms with E-state index >= 15 is 0 Å². The van der Waals surface area contributed by atoms with Gasteiger partial charge >= 0.3 is 0 Å². The van der Waals surface area contributed by atoms with Crippen LogP contribution in [-0.2, 0) is 0 Å². The van der Waals surface area contributed by atoms with Crippen LogP contribution in [0.15, 0.2) is 24.4 Å². The average molecular weight is 168 g/mol.